The first-order chi connectivity index (χ1) is 19.2. The quantitative estimate of drug-likeness (QED) is 0.223. The third-order valence-electron chi connectivity index (χ3n) is 9.07. The molecule has 0 amide bonds. The van der Waals surface area contributed by atoms with Crippen molar-refractivity contribution in [2.24, 2.45) is 17.8 Å². The van der Waals surface area contributed by atoms with Crippen molar-refractivity contribution >= 4 is 15.4 Å². The van der Waals surface area contributed by atoms with Crippen LogP contribution in [0, 0.1) is 17.8 Å². The molecule has 234 valence electrons. The summed E-state index contributed by atoms with van der Waals surface area (Å²) in [6.07, 6.45) is 2.22. The highest BCUT2D eigenvalue weighted by Gasteiger charge is 2.49. The molecule has 1 aliphatic heterocycles. The summed E-state index contributed by atoms with van der Waals surface area (Å²) in [5.41, 5.74) is 0.584. The fourth-order valence-electron chi connectivity index (χ4n) is 6.51. The van der Waals surface area contributed by atoms with Gasteiger partial charge in [0, 0.05) is 6.16 Å². The maximum Gasteiger partial charge on any atom is 0.327 e. The zero-order chi connectivity index (χ0) is 30.2. The Labute approximate surface area is 245 Å². The van der Waals surface area contributed by atoms with Crippen molar-refractivity contribution < 1.29 is 38.4 Å². The molecule has 1 saturated heterocycles. The Hall–Kier alpha value is -0.885. The van der Waals surface area contributed by atoms with Gasteiger partial charge in [-0.3, -0.25) is 4.57 Å². The zero-order valence-corrected chi connectivity index (χ0v) is 26.6. The maximum atomic E-state index is 12.0. The van der Waals surface area contributed by atoms with Gasteiger partial charge in [-0.15, -0.1) is 5.10 Å². The molecule has 0 radical (unpaired) electrons. The summed E-state index contributed by atoms with van der Waals surface area (Å²) in [5.74, 6) is 2.61. The summed E-state index contributed by atoms with van der Waals surface area (Å²) < 4.78 is 37.2. The summed E-state index contributed by atoms with van der Waals surface area (Å²) in [6.45, 7) is 12.1. The van der Waals surface area contributed by atoms with Crippen LogP contribution in [0.15, 0.2) is 0 Å². The van der Waals surface area contributed by atoms with Gasteiger partial charge in [0.25, 0.3) is 0 Å². The third-order valence-corrected chi connectivity index (χ3v) is 10.4. The number of fused-ring (bicyclic) bond motifs is 2. The van der Waals surface area contributed by atoms with E-state index in [1.807, 2.05) is 18.5 Å². The number of morpholine rings is 1. The molecule has 0 aromatic carbocycles. The molecule has 2 aliphatic carbocycles. The molecule has 1 aromatic heterocycles. The van der Waals surface area contributed by atoms with E-state index in [-0.39, 0.29) is 19.4 Å². The van der Waals surface area contributed by atoms with Gasteiger partial charge in [0.05, 0.1) is 49.4 Å². The lowest BCUT2D eigenvalue weighted by molar-refractivity contribution is -0.320. The van der Waals surface area contributed by atoms with E-state index in [0.29, 0.717) is 13.2 Å². The SMILES string of the molecule is BC1OC(COP(=O)(O)CC)C(O)N(C(C)(C)OCC(C)(C)OCCn2nnc3c2CCC2C(CC)C2CC3)C1O. The minimum Gasteiger partial charge on any atom is -0.376 e. The number of aliphatic hydroxyl groups is 2. The van der Waals surface area contributed by atoms with Gasteiger partial charge in [-0.25, -0.2) is 9.58 Å². The number of aromatic nitrogens is 3. The van der Waals surface area contributed by atoms with E-state index in [9.17, 15) is 19.7 Å². The van der Waals surface area contributed by atoms with Gasteiger partial charge in [-0.05, 0) is 71.1 Å². The van der Waals surface area contributed by atoms with Gasteiger partial charge in [0.15, 0.2) is 0 Å². The van der Waals surface area contributed by atoms with Gasteiger partial charge in [-0.1, -0.05) is 25.5 Å². The van der Waals surface area contributed by atoms with Crippen molar-refractivity contribution in [2.45, 2.75) is 116 Å². The lowest BCUT2D eigenvalue weighted by Crippen LogP contribution is -2.68. The minimum absolute atomic E-state index is 0.0545. The van der Waals surface area contributed by atoms with Gasteiger partial charge >= 0.3 is 7.60 Å². The summed E-state index contributed by atoms with van der Waals surface area (Å²) in [4.78, 5) is 11.2. The fraction of sp³-hybridized carbons (Fsp3) is 0.926. The Morgan fingerprint density at radius 1 is 1.10 bits per heavy atom. The molecule has 3 aliphatic rings. The van der Waals surface area contributed by atoms with Crippen molar-refractivity contribution in [2.75, 3.05) is 26.0 Å². The number of ether oxygens (including phenoxy) is 3. The lowest BCUT2D eigenvalue weighted by Gasteiger charge is -2.51. The molecule has 14 heteroatoms. The van der Waals surface area contributed by atoms with E-state index in [1.165, 1.54) is 29.9 Å². The molecular formula is C27H50BN4O8P. The monoisotopic (exact) mass is 600 g/mol. The summed E-state index contributed by atoms with van der Waals surface area (Å²) >= 11 is 0. The van der Waals surface area contributed by atoms with Crippen LogP contribution < -0.4 is 0 Å². The lowest BCUT2D eigenvalue weighted by atomic mass is 9.93. The first-order valence-electron chi connectivity index (χ1n) is 15.1. The molecule has 2 fully saturated rings. The number of aliphatic hydroxyl groups excluding tert-OH is 2. The van der Waals surface area contributed by atoms with E-state index in [4.69, 9.17) is 18.7 Å². The first-order valence-corrected chi connectivity index (χ1v) is 16.9. The van der Waals surface area contributed by atoms with E-state index in [0.717, 1.165) is 36.3 Å². The largest absolute Gasteiger partial charge is 0.376 e. The molecular weight excluding hydrogens is 550 g/mol. The van der Waals surface area contributed by atoms with Gasteiger partial charge in [0.1, 0.15) is 32.1 Å². The molecule has 0 spiro atoms. The molecule has 1 saturated carbocycles. The van der Waals surface area contributed by atoms with Gasteiger partial charge in [0.2, 0.25) is 0 Å². The molecule has 2 heterocycles. The van der Waals surface area contributed by atoms with Crippen molar-refractivity contribution in [1.29, 1.82) is 0 Å². The van der Waals surface area contributed by atoms with Crippen LogP contribution in [0.2, 0.25) is 0 Å². The molecule has 8 unspecified atom stereocenters. The molecule has 3 N–H and O–H groups in total. The topological polar surface area (TPSA) is 149 Å². The van der Waals surface area contributed by atoms with Crippen LogP contribution in [0.4, 0.5) is 0 Å². The predicted octanol–water partition coefficient (Wildman–Crippen LogP) is 1.50. The summed E-state index contributed by atoms with van der Waals surface area (Å²) in [5, 5.41) is 30.8. The van der Waals surface area contributed by atoms with E-state index < -0.39 is 43.5 Å². The number of rotatable bonds is 13. The molecule has 4 rings (SSSR count). The molecule has 41 heavy (non-hydrogen) atoms. The third kappa shape index (κ3) is 7.80. The highest BCUT2D eigenvalue weighted by molar-refractivity contribution is 7.52. The van der Waals surface area contributed by atoms with E-state index in [1.54, 1.807) is 28.6 Å². The number of nitrogens with zero attached hydrogens (tertiary/aromatic N) is 4. The first kappa shape index (κ1) is 33.0. The highest BCUT2D eigenvalue weighted by Crippen LogP contribution is 2.54. The second-order valence-corrected chi connectivity index (χ2v) is 15.1. The normalized spacial score (nSPS) is 32.5. The number of hydrogen-bond donors (Lipinski definition) is 3. The highest BCUT2D eigenvalue weighted by atomic mass is 31.2. The second kappa shape index (κ2) is 13.0. The molecule has 12 nitrogen and oxygen atoms in total. The summed E-state index contributed by atoms with van der Waals surface area (Å²) in [7, 11) is -2.11. The smallest absolute Gasteiger partial charge is 0.327 e. The maximum absolute atomic E-state index is 12.0. The van der Waals surface area contributed by atoms with E-state index in [2.05, 4.69) is 17.2 Å². The van der Waals surface area contributed by atoms with Crippen LogP contribution in [0.25, 0.3) is 0 Å². The molecule has 1 aromatic rings. The Bertz CT molecular complexity index is 1070. The Morgan fingerprint density at radius 3 is 2.44 bits per heavy atom. The zero-order valence-electron chi connectivity index (χ0n) is 25.7. The number of hydrogen-bond acceptors (Lipinski definition) is 10. The average molecular weight is 601 g/mol. The average Bonchev–Trinajstić information content (AvgIpc) is 3.43. The van der Waals surface area contributed by atoms with Crippen molar-refractivity contribution in [1.82, 2.24) is 19.9 Å². The van der Waals surface area contributed by atoms with E-state index >= 15 is 0 Å². The van der Waals surface area contributed by atoms with Crippen LogP contribution >= 0.6 is 7.60 Å². The number of aryl methyl sites for hydroxylation is 1. The summed E-state index contributed by atoms with van der Waals surface area (Å²) in [6, 6.07) is -0.695. The fourth-order valence-corrected chi connectivity index (χ4v) is 7.07. The molecule has 8 atom stereocenters. The Balaban J connectivity index is 1.30. The van der Waals surface area contributed by atoms with Crippen LogP contribution in [0.1, 0.15) is 72.2 Å². The Kier molecular flexibility index (Phi) is 10.5. The molecule has 0 bridgehead atoms. The van der Waals surface area contributed by atoms with Crippen molar-refractivity contribution in [3.05, 3.63) is 11.4 Å². The van der Waals surface area contributed by atoms with Gasteiger partial charge in [-0.2, -0.15) is 0 Å². The van der Waals surface area contributed by atoms with Crippen LogP contribution in [-0.2, 0) is 42.7 Å². The second-order valence-electron chi connectivity index (χ2n) is 12.9. The van der Waals surface area contributed by atoms with Crippen molar-refractivity contribution in [3.8, 4) is 0 Å². The Morgan fingerprint density at radius 2 is 1.78 bits per heavy atom. The van der Waals surface area contributed by atoms with Crippen LogP contribution in [0.3, 0.4) is 0 Å². The van der Waals surface area contributed by atoms with Crippen molar-refractivity contribution in [3.63, 3.8) is 0 Å². The van der Waals surface area contributed by atoms with Gasteiger partial charge < -0.3 is 33.8 Å². The standard InChI is InChI=1S/C27H50BN4O8P/c1-7-17-18-9-11-20-21(12-10-19(17)18)31(30-29-20)13-14-37-26(3,4)16-38-27(5,6)32-24(33)22(40-23(28)25(32)34)15-39-41(35,36)8-2/h17-19,22-25,33-34H,7-16,28H2,1-6H3,(H,35,36). The predicted molar refractivity (Wildman–Crippen MR) is 155 cm³/mol. The minimum atomic E-state index is -3.77. The van der Waals surface area contributed by atoms with Crippen LogP contribution in [0.5, 0.6) is 0 Å². The van der Waals surface area contributed by atoms with Crippen LogP contribution in [-0.4, -0.2) is 105 Å².